The number of primary amides is 1. The van der Waals surface area contributed by atoms with Crippen LogP contribution in [-0.4, -0.2) is 30.4 Å². The molecule has 26 heavy (non-hydrogen) atoms. The Labute approximate surface area is 162 Å². The van der Waals surface area contributed by atoms with Gasteiger partial charge in [0.05, 0.1) is 6.61 Å². The second-order valence-electron chi connectivity index (χ2n) is 6.00. The smallest absolute Gasteiger partial charge is 0.254 e. The number of nitrogens with two attached hydrogens (primary N) is 1. The number of unbranched alkanes of at least 4 members (excludes halogenated alkanes) is 1. The molecular formula is C20H23BrN2O3. The number of ether oxygens (including phenoxy) is 1. The maximum atomic E-state index is 12.8. The van der Waals surface area contributed by atoms with Gasteiger partial charge >= 0.3 is 0 Å². The van der Waals surface area contributed by atoms with Crippen molar-refractivity contribution in [1.82, 2.24) is 4.90 Å². The molecule has 0 saturated heterocycles. The monoisotopic (exact) mass is 418 g/mol. The Morgan fingerprint density at radius 1 is 1.19 bits per heavy atom. The third kappa shape index (κ3) is 5.08. The summed E-state index contributed by atoms with van der Waals surface area (Å²) >= 11 is 3.37. The van der Waals surface area contributed by atoms with Gasteiger partial charge in [-0.2, -0.15) is 0 Å². The summed E-state index contributed by atoms with van der Waals surface area (Å²) in [6.45, 7) is 2.75. The van der Waals surface area contributed by atoms with E-state index >= 15 is 0 Å². The van der Waals surface area contributed by atoms with E-state index in [0.717, 1.165) is 23.1 Å². The van der Waals surface area contributed by atoms with E-state index in [1.165, 1.54) is 4.90 Å². The van der Waals surface area contributed by atoms with Gasteiger partial charge in [-0.1, -0.05) is 41.4 Å². The third-order valence-electron chi connectivity index (χ3n) is 4.01. The molecule has 0 unspecified atom stereocenters. The maximum absolute atomic E-state index is 12.8. The molecule has 138 valence electrons. The molecule has 0 spiro atoms. The van der Waals surface area contributed by atoms with Crippen LogP contribution in [-0.2, 0) is 4.79 Å². The minimum atomic E-state index is -0.847. The summed E-state index contributed by atoms with van der Waals surface area (Å²) in [5.41, 5.74) is 6.68. The van der Waals surface area contributed by atoms with Gasteiger partial charge < -0.3 is 15.4 Å². The lowest BCUT2D eigenvalue weighted by atomic mass is 10.0. The van der Waals surface area contributed by atoms with E-state index in [0.29, 0.717) is 17.7 Å². The number of likely N-dealkylation sites (N-methyl/N-ethyl adjacent to an activating group) is 1. The van der Waals surface area contributed by atoms with E-state index in [1.54, 1.807) is 49.5 Å². The van der Waals surface area contributed by atoms with E-state index in [1.807, 2.05) is 6.07 Å². The topological polar surface area (TPSA) is 72.6 Å². The molecule has 0 aliphatic rings. The van der Waals surface area contributed by atoms with Crippen LogP contribution in [0.3, 0.4) is 0 Å². The number of benzene rings is 2. The summed E-state index contributed by atoms with van der Waals surface area (Å²) in [5, 5.41) is 0. The SMILES string of the molecule is CCCCOc1ccc(C(=O)N(C)[C@H](C(N)=O)c2cccc(Br)c2)cc1. The van der Waals surface area contributed by atoms with Gasteiger partial charge in [-0.25, -0.2) is 0 Å². The van der Waals surface area contributed by atoms with E-state index in [-0.39, 0.29) is 5.91 Å². The second-order valence-corrected chi connectivity index (χ2v) is 6.92. The molecule has 2 rings (SSSR count). The minimum absolute atomic E-state index is 0.283. The molecule has 0 bridgehead atoms. The van der Waals surface area contributed by atoms with Crippen molar-refractivity contribution >= 4 is 27.7 Å². The van der Waals surface area contributed by atoms with E-state index in [9.17, 15) is 9.59 Å². The molecule has 0 saturated carbocycles. The average molecular weight is 419 g/mol. The van der Waals surface area contributed by atoms with E-state index in [2.05, 4.69) is 22.9 Å². The number of carbonyl (C=O) groups excluding carboxylic acids is 2. The Balaban J connectivity index is 2.17. The molecule has 0 aromatic heterocycles. The number of halogens is 1. The molecule has 2 aromatic carbocycles. The lowest BCUT2D eigenvalue weighted by Gasteiger charge is -2.26. The zero-order valence-corrected chi connectivity index (χ0v) is 16.5. The van der Waals surface area contributed by atoms with Crippen molar-refractivity contribution in [3.05, 3.63) is 64.1 Å². The highest BCUT2D eigenvalue weighted by atomic mass is 79.9. The molecule has 5 nitrogen and oxygen atoms in total. The predicted molar refractivity (Wildman–Crippen MR) is 105 cm³/mol. The normalized spacial score (nSPS) is 11.7. The first kappa shape index (κ1) is 20.0. The molecule has 0 radical (unpaired) electrons. The van der Waals surface area contributed by atoms with Crippen LogP contribution < -0.4 is 10.5 Å². The van der Waals surface area contributed by atoms with Gasteiger partial charge in [0.1, 0.15) is 11.8 Å². The van der Waals surface area contributed by atoms with Crippen molar-refractivity contribution in [3.63, 3.8) is 0 Å². The Hall–Kier alpha value is -2.34. The van der Waals surface area contributed by atoms with Crippen LogP contribution in [0.15, 0.2) is 53.0 Å². The summed E-state index contributed by atoms with van der Waals surface area (Å²) in [6.07, 6.45) is 2.04. The Morgan fingerprint density at radius 2 is 1.88 bits per heavy atom. The summed E-state index contributed by atoms with van der Waals surface area (Å²) in [4.78, 5) is 26.1. The zero-order chi connectivity index (χ0) is 19.1. The van der Waals surface area contributed by atoms with Gasteiger partial charge in [-0.05, 0) is 48.4 Å². The van der Waals surface area contributed by atoms with Crippen molar-refractivity contribution in [1.29, 1.82) is 0 Å². The largest absolute Gasteiger partial charge is 0.494 e. The third-order valence-corrected chi connectivity index (χ3v) is 4.50. The fourth-order valence-electron chi connectivity index (χ4n) is 2.60. The fraction of sp³-hybridized carbons (Fsp3) is 0.300. The van der Waals surface area contributed by atoms with Crippen molar-refractivity contribution < 1.29 is 14.3 Å². The zero-order valence-electron chi connectivity index (χ0n) is 14.9. The average Bonchev–Trinajstić information content (AvgIpc) is 2.62. The molecule has 0 heterocycles. The Morgan fingerprint density at radius 3 is 2.46 bits per heavy atom. The highest BCUT2D eigenvalue weighted by molar-refractivity contribution is 9.10. The molecule has 0 aliphatic carbocycles. The van der Waals surface area contributed by atoms with Gasteiger partial charge in [-0.15, -0.1) is 0 Å². The summed E-state index contributed by atoms with van der Waals surface area (Å²) < 4.78 is 6.42. The van der Waals surface area contributed by atoms with E-state index in [4.69, 9.17) is 10.5 Å². The van der Waals surface area contributed by atoms with Crippen LogP contribution in [0.1, 0.15) is 41.7 Å². The lowest BCUT2D eigenvalue weighted by Crippen LogP contribution is -2.39. The maximum Gasteiger partial charge on any atom is 0.254 e. The van der Waals surface area contributed by atoms with Gasteiger partial charge in [0.15, 0.2) is 0 Å². The van der Waals surface area contributed by atoms with Crippen LogP contribution in [0.5, 0.6) is 5.75 Å². The predicted octanol–water partition coefficient (Wildman–Crippen LogP) is 3.93. The molecule has 2 aromatic rings. The number of rotatable bonds is 8. The second kappa shape index (κ2) is 9.38. The van der Waals surface area contributed by atoms with Crippen LogP contribution in [0.4, 0.5) is 0 Å². The number of hydrogen-bond donors (Lipinski definition) is 1. The summed E-state index contributed by atoms with van der Waals surface area (Å²) in [5.74, 6) is -0.150. The highest BCUT2D eigenvalue weighted by Gasteiger charge is 2.27. The quantitative estimate of drug-likeness (QED) is 0.659. The van der Waals surface area contributed by atoms with Gasteiger partial charge in [-0.3, -0.25) is 9.59 Å². The molecule has 1 atom stereocenters. The standard InChI is InChI=1S/C20H23BrN2O3/c1-3-4-12-26-17-10-8-14(9-11-17)20(25)23(2)18(19(22)24)15-6-5-7-16(21)13-15/h5-11,13,18H,3-4,12H2,1-2H3,(H2,22,24)/t18-/m0/s1. The van der Waals surface area contributed by atoms with E-state index < -0.39 is 11.9 Å². The molecule has 0 aliphatic heterocycles. The van der Waals surface area contributed by atoms with Crippen LogP contribution in [0, 0.1) is 0 Å². The molecular weight excluding hydrogens is 396 g/mol. The first-order valence-corrected chi connectivity index (χ1v) is 9.28. The number of amides is 2. The number of carbonyl (C=O) groups is 2. The Kier molecular flexibility index (Phi) is 7.21. The first-order chi connectivity index (χ1) is 12.4. The van der Waals surface area contributed by atoms with Gasteiger partial charge in [0.2, 0.25) is 5.91 Å². The van der Waals surface area contributed by atoms with Crippen molar-refractivity contribution in [2.24, 2.45) is 5.73 Å². The first-order valence-electron chi connectivity index (χ1n) is 8.48. The van der Waals surface area contributed by atoms with Gasteiger partial charge in [0, 0.05) is 17.1 Å². The summed E-state index contributed by atoms with van der Waals surface area (Å²) in [6, 6.07) is 13.3. The molecule has 6 heteroatoms. The minimum Gasteiger partial charge on any atom is -0.494 e. The fourth-order valence-corrected chi connectivity index (χ4v) is 3.02. The highest BCUT2D eigenvalue weighted by Crippen LogP contribution is 2.24. The Bertz CT molecular complexity index is 762. The molecule has 2 amide bonds. The summed E-state index contributed by atoms with van der Waals surface area (Å²) in [7, 11) is 1.57. The van der Waals surface area contributed by atoms with Crippen molar-refractivity contribution in [2.45, 2.75) is 25.8 Å². The number of hydrogen-bond acceptors (Lipinski definition) is 3. The lowest BCUT2D eigenvalue weighted by molar-refractivity contribution is -0.122. The van der Waals surface area contributed by atoms with Crippen molar-refractivity contribution in [2.75, 3.05) is 13.7 Å². The van der Waals surface area contributed by atoms with Crippen LogP contribution >= 0.6 is 15.9 Å². The number of nitrogens with zero attached hydrogens (tertiary/aromatic N) is 1. The van der Waals surface area contributed by atoms with Crippen molar-refractivity contribution in [3.8, 4) is 5.75 Å². The molecule has 2 N–H and O–H groups in total. The van der Waals surface area contributed by atoms with Crippen LogP contribution in [0.2, 0.25) is 0 Å². The van der Waals surface area contributed by atoms with Gasteiger partial charge in [0.25, 0.3) is 5.91 Å². The van der Waals surface area contributed by atoms with Crippen LogP contribution in [0.25, 0.3) is 0 Å². The molecule has 0 fully saturated rings.